The Balaban J connectivity index is 1.34. The predicted octanol–water partition coefficient (Wildman–Crippen LogP) is 2.51. The van der Waals surface area contributed by atoms with Crippen LogP contribution in [0.3, 0.4) is 0 Å². The van der Waals surface area contributed by atoms with Crippen molar-refractivity contribution in [3.63, 3.8) is 0 Å². The molecule has 0 aromatic carbocycles. The van der Waals surface area contributed by atoms with E-state index in [1.54, 1.807) is 25.7 Å². The summed E-state index contributed by atoms with van der Waals surface area (Å²) in [7, 11) is 0. The van der Waals surface area contributed by atoms with E-state index in [0.29, 0.717) is 13.1 Å². The molecular formula is C18H26F3N3O4. The molecule has 3 aliphatic rings. The summed E-state index contributed by atoms with van der Waals surface area (Å²) in [5, 5.41) is 0. The van der Waals surface area contributed by atoms with Gasteiger partial charge in [-0.1, -0.05) is 0 Å². The fourth-order valence-corrected chi connectivity index (χ4v) is 4.11. The molecule has 3 rings (SSSR count). The zero-order valence-electron chi connectivity index (χ0n) is 16.2. The number of likely N-dealkylation sites (tertiary alicyclic amines) is 1. The number of rotatable bonds is 3. The van der Waals surface area contributed by atoms with Crippen LogP contribution in [0.25, 0.3) is 0 Å². The Labute approximate surface area is 161 Å². The zero-order valence-corrected chi connectivity index (χ0v) is 16.2. The minimum Gasteiger partial charge on any atom is -0.444 e. The normalized spacial score (nSPS) is 22.7. The first-order valence-corrected chi connectivity index (χ1v) is 9.39. The average molecular weight is 405 g/mol. The van der Waals surface area contributed by atoms with Gasteiger partial charge in [0.25, 0.3) is 5.91 Å². The lowest BCUT2D eigenvalue weighted by Gasteiger charge is -2.58. The molecule has 2 N–H and O–H groups in total. The third-order valence-corrected chi connectivity index (χ3v) is 5.66. The van der Waals surface area contributed by atoms with Crippen molar-refractivity contribution in [3.8, 4) is 0 Å². The number of hydrogen-bond acceptors (Lipinski definition) is 4. The molecule has 1 spiro atoms. The van der Waals surface area contributed by atoms with Gasteiger partial charge in [0.2, 0.25) is 5.91 Å². The van der Waals surface area contributed by atoms with Gasteiger partial charge < -0.3 is 9.64 Å². The van der Waals surface area contributed by atoms with E-state index in [1.165, 1.54) is 0 Å². The highest BCUT2D eigenvalue weighted by Crippen LogP contribution is 2.57. The number of carbonyl (C=O) groups is 3. The topological polar surface area (TPSA) is 87.7 Å². The Morgan fingerprint density at radius 3 is 2.11 bits per heavy atom. The van der Waals surface area contributed by atoms with Crippen LogP contribution in [-0.2, 0) is 14.3 Å². The maximum absolute atomic E-state index is 12.8. The maximum Gasteiger partial charge on any atom is 0.410 e. The Morgan fingerprint density at radius 2 is 1.64 bits per heavy atom. The number of hydrazine groups is 1. The molecule has 2 aliphatic carbocycles. The lowest BCUT2D eigenvalue weighted by molar-refractivity contribution is -0.193. The standard InChI is InChI=1S/C18H26F3N3O4/c1-15(2,3)28-14(27)24-9-16(10-24)7-11(8-16)6-12(25)22-23-13(26)17(4-5-17)18(19,20)21/h11H,4-10H2,1-3H3,(H,22,25)(H,23,26). The number of carbonyl (C=O) groups excluding carboxylic acids is 3. The molecule has 0 bridgehead atoms. The second-order valence-electron chi connectivity index (χ2n) is 9.40. The minimum absolute atomic E-state index is 0.0133. The number of nitrogens with zero attached hydrogens (tertiary/aromatic N) is 1. The van der Waals surface area contributed by atoms with Gasteiger partial charge in [-0.05, 0) is 52.4 Å². The van der Waals surface area contributed by atoms with E-state index in [-0.39, 0.29) is 36.7 Å². The van der Waals surface area contributed by atoms with Gasteiger partial charge in [-0.2, -0.15) is 13.2 Å². The van der Waals surface area contributed by atoms with Gasteiger partial charge in [0, 0.05) is 24.9 Å². The number of amides is 3. The van der Waals surface area contributed by atoms with Gasteiger partial charge in [0.05, 0.1) is 0 Å². The number of hydrogen-bond donors (Lipinski definition) is 2. The SMILES string of the molecule is CC(C)(C)OC(=O)N1CC2(CC(CC(=O)NNC(=O)C3(C(F)(F)F)CC3)C2)C1. The third kappa shape index (κ3) is 4.05. The van der Waals surface area contributed by atoms with Crippen LogP contribution in [0.15, 0.2) is 0 Å². The van der Waals surface area contributed by atoms with Gasteiger partial charge >= 0.3 is 12.3 Å². The van der Waals surface area contributed by atoms with Crippen molar-refractivity contribution in [2.24, 2.45) is 16.7 Å². The summed E-state index contributed by atoms with van der Waals surface area (Å²) >= 11 is 0. The Bertz CT molecular complexity index is 669. The summed E-state index contributed by atoms with van der Waals surface area (Å²) < 4.78 is 43.8. The van der Waals surface area contributed by atoms with E-state index in [4.69, 9.17) is 4.74 Å². The average Bonchev–Trinajstić information content (AvgIpc) is 3.24. The molecule has 3 amide bonds. The van der Waals surface area contributed by atoms with E-state index in [1.807, 2.05) is 5.43 Å². The van der Waals surface area contributed by atoms with Crippen LogP contribution in [0, 0.1) is 16.7 Å². The van der Waals surface area contributed by atoms with Crippen LogP contribution >= 0.6 is 0 Å². The Hall–Kier alpha value is -2.00. The molecule has 1 saturated heterocycles. The highest BCUT2D eigenvalue weighted by molar-refractivity contribution is 5.88. The fraction of sp³-hybridized carbons (Fsp3) is 0.833. The molecule has 10 heteroatoms. The molecule has 0 atom stereocenters. The summed E-state index contributed by atoms with van der Waals surface area (Å²) in [6.07, 6.45) is -3.80. The molecule has 7 nitrogen and oxygen atoms in total. The molecule has 0 radical (unpaired) electrons. The van der Waals surface area contributed by atoms with Crippen molar-refractivity contribution in [1.82, 2.24) is 15.8 Å². The highest BCUT2D eigenvalue weighted by Gasteiger charge is 2.68. The van der Waals surface area contributed by atoms with Crippen molar-refractivity contribution in [2.75, 3.05) is 13.1 Å². The minimum atomic E-state index is -4.60. The van der Waals surface area contributed by atoms with E-state index in [2.05, 4.69) is 5.43 Å². The van der Waals surface area contributed by atoms with Crippen LogP contribution in [0.1, 0.15) is 52.9 Å². The quantitative estimate of drug-likeness (QED) is 0.707. The van der Waals surface area contributed by atoms with Crippen LogP contribution in [-0.4, -0.2) is 47.7 Å². The highest BCUT2D eigenvalue weighted by atomic mass is 19.4. The van der Waals surface area contributed by atoms with Gasteiger partial charge in [-0.3, -0.25) is 20.4 Å². The lowest BCUT2D eigenvalue weighted by atomic mass is 9.57. The largest absolute Gasteiger partial charge is 0.444 e. The van der Waals surface area contributed by atoms with E-state index in [0.717, 1.165) is 12.8 Å². The molecule has 1 heterocycles. The summed E-state index contributed by atoms with van der Waals surface area (Å²) in [4.78, 5) is 37.2. The number of ether oxygens (including phenoxy) is 1. The van der Waals surface area contributed by atoms with E-state index < -0.39 is 29.0 Å². The molecule has 0 aromatic heterocycles. The maximum atomic E-state index is 12.8. The molecule has 0 unspecified atom stereocenters. The Kier molecular flexibility index (Phi) is 4.83. The second-order valence-corrected chi connectivity index (χ2v) is 9.40. The van der Waals surface area contributed by atoms with Gasteiger partial charge in [0.15, 0.2) is 0 Å². The number of nitrogens with one attached hydrogen (secondary N) is 2. The molecular weight excluding hydrogens is 379 g/mol. The lowest BCUT2D eigenvalue weighted by Crippen LogP contribution is -2.64. The van der Waals surface area contributed by atoms with Crippen molar-refractivity contribution in [1.29, 1.82) is 0 Å². The van der Waals surface area contributed by atoms with Gasteiger partial charge in [0.1, 0.15) is 11.0 Å². The Morgan fingerprint density at radius 1 is 1.07 bits per heavy atom. The summed E-state index contributed by atoms with van der Waals surface area (Å²) in [5.74, 6) is -1.62. The van der Waals surface area contributed by atoms with Crippen LogP contribution in [0.2, 0.25) is 0 Å². The van der Waals surface area contributed by atoms with E-state index in [9.17, 15) is 27.6 Å². The van der Waals surface area contributed by atoms with Crippen LogP contribution in [0.5, 0.6) is 0 Å². The molecule has 158 valence electrons. The first-order chi connectivity index (χ1) is 12.8. The number of alkyl halides is 3. The second kappa shape index (κ2) is 6.52. The summed E-state index contributed by atoms with van der Waals surface area (Å²) in [6.45, 7) is 6.58. The first kappa shape index (κ1) is 20.7. The molecule has 1 aliphatic heterocycles. The third-order valence-electron chi connectivity index (χ3n) is 5.66. The predicted molar refractivity (Wildman–Crippen MR) is 91.6 cm³/mol. The molecule has 28 heavy (non-hydrogen) atoms. The molecule has 0 aromatic rings. The van der Waals surface area contributed by atoms with Crippen molar-refractivity contribution in [2.45, 2.75) is 64.7 Å². The monoisotopic (exact) mass is 405 g/mol. The van der Waals surface area contributed by atoms with Crippen molar-refractivity contribution >= 4 is 17.9 Å². The van der Waals surface area contributed by atoms with Gasteiger partial charge in [-0.25, -0.2) is 4.79 Å². The van der Waals surface area contributed by atoms with Crippen LogP contribution < -0.4 is 10.9 Å². The molecule has 2 saturated carbocycles. The number of halogens is 3. The fourth-order valence-electron chi connectivity index (χ4n) is 4.11. The summed E-state index contributed by atoms with van der Waals surface area (Å²) in [6, 6.07) is 0. The first-order valence-electron chi connectivity index (χ1n) is 9.39. The van der Waals surface area contributed by atoms with Crippen molar-refractivity contribution < 1.29 is 32.3 Å². The van der Waals surface area contributed by atoms with Gasteiger partial charge in [-0.15, -0.1) is 0 Å². The smallest absolute Gasteiger partial charge is 0.410 e. The van der Waals surface area contributed by atoms with Crippen molar-refractivity contribution in [3.05, 3.63) is 0 Å². The molecule has 3 fully saturated rings. The zero-order chi connectivity index (χ0) is 21.0. The summed E-state index contributed by atoms with van der Waals surface area (Å²) in [5.41, 5.74) is 1.12. The van der Waals surface area contributed by atoms with Crippen LogP contribution in [0.4, 0.5) is 18.0 Å². The van der Waals surface area contributed by atoms with E-state index >= 15 is 0 Å².